The van der Waals surface area contributed by atoms with E-state index in [1.54, 1.807) is 12.4 Å². The molecule has 0 bridgehead atoms. The summed E-state index contributed by atoms with van der Waals surface area (Å²) in [5.74, 6) is 1.43. The molecule has 6 heteroatoms. The Hall–Kier alpha value is -1.36. The zero-order valence-corrected chi connectivity index (χ0v) is 13.6. The molecule has 0 spiro atoms. The van der Waals surface area contributed by atoms with Crippen molar-refractivity contribution in [2.75, 3.05) is 25.1 Å². The highest BCUT2D eigenvalue weighted by Crippen LogP contribution is 2.32. The lowest BCUT2D eigenvalue weighted by molar-refractivity contribution is 0.0699. The van der Waals surface area contributed by atoms with Crippen LogP contribution in [0.2, 0.25) is 10.0 Å². The van der Waals surface area contributed by atoms with Crippen LogP contribution in [0.4, 0.5) is 5.82 Å². The molecule has 22 heavy (non-hydrogen) atoms. The highest BCUT2D eigenvalue weighted by Gasteiger charge is 2.14. The summed E-state index contributed by atoms with van der Waals surface area (Å²) >= 11 is 12.5. The summed E-state index contributed by atoms with van der Waals surface area (Å²) in [7, 11) is 0. The van der Waals surface area contributed by atoms with E-state index >= 15 is 0 Å². The predicted octanol–water partition coefficient (Wildman–Crippen LogP) is 4.29. The molecule has 0 aliphatic carbocycles. The highest BCUT2D eigenvalue weighted by atomic mass is 35.5. The van der Waals surface area contributed by atoms with Crippen molar-refractivity contribution in [2.45, 2.75) is 12.8 Å². The molecule has 0 amide bonds. The van der Waals surface area contributed by atoms with Gasteiger partial charge in [0.1, 0.15) is 5.82 Å². The van der Waals surface area contributed by atoms with Crippen LogP contribution in [0.3, 0.4) is 0 Å². The van der Waals surface area contributed by atoms with Gasteiger partial charge >= 0.3 is 0 Å². The summed E-state index contributed by atoms with van der Waals surface area (Å²) in [5, 5.41) is 4.50. The number of nitrogens with one attached hydrogen (secondary N) is 1. The van der Waals surface area contributed by atoms with Gasteiger partial charge in [-0.05, 0) is 37.0 Å². The van der Waals surface area contributed by atoms with Crippen molar-refractivity contribution >= 4 is 29.0 Å². The van der Waals surface area contributed by atoms with Crippen molar-refractivity contribution in [3.8, 4) is 11.3 Å². The molecule has 1 aliphatic rings. The van der Waals surface area contributed by atoms with Gasteiger partial charge in [0.25, 0.3) is 0 Å². The quantitative estimate of drug-likeness (QED) is 0.903. The second kappa shape index (κ2) is 7.27. The molecule has 1 aliphatic heterocycles. The van der Waals surface area contributed by atoms with E-state index in [1.165, 1.54) is 0 Å². The summed E-state index contributed by atoms with van der Waals surface area (Å²) in [5.41, 5.74) is 1.46. The van der Waals surface area contributed by atoms with Gasteiger partial charge in [-0.2, -0.15) is 0 Å². The van der Waals surface area contributed by atoms with Crippen LogP contribution >= 0.6 is 23.2 Å². The number of pyridine rings is 2. The molecule has 116 valence electrons. The molecule has 0 unspecified atom stereocenters. The van der Waals surface area contributed by atoms with Crippen LogP contribution in [0.25, 0.3) is 11.3 Å². The van der Waals surface area contributed by atoms with E-state index in [0.29, 0.717) is 21.7 Å². The Balaban J connectivity index is 1.76. The van der Waals surface area contributed by atoms with Crippen LogP contribution in [0.15, 0.2) is 30.6 Å². The van der Waals surface area contributed by atoms with Crippen molar-refractivity contribution in [3.63, 3.8) is 0 Å². The minimum atomic E-state index is 0.540. The zero-order chi connectivity index (χ0) is 15.4. The average Bonchev–Trinajstić information content (AvgIpc) is 2.56. The first-order valence-corrected chi connectivity index (χ1v) is 8.07. The van der Waals surface area contributed by atoms with Gasteiger partial charge in [-0.1, -0.05) is 23.2 Å². The van der Waals surface area contributed by atoms with Gasteiger partial charge in [-0.15, -0.1) is 0 Å². The molecule has 0 saturated carbocycles. The van der Waals surface area contributed by atoms with Crippen molar-refractivity contribution < 1.29 is 4.74 Å². The van der Waals surface area contributed by atoms with Crippen LogP contribution in [0.5, 0.6) is 0 Å². The van der Waals surface area contributed by atoms with Crippen LogP contribution in [-0.4, -0.2) is 29.7 Å². The Bertz CT molecular complexity index is 645. The fourth-order valence-electron chi connectivity index (χ4n) is 2.50. The number of anilines is 1. The number of aromatic nitrogens is 2. The maximum atomic E-state index is 6.27. The van der Waals surface area contributed by atoms with Crippen LogP contribution in [-0.2, 0) is 4.74 Å². The normalized spacial score (nSPS) is 15.7. The van der Waals surface area contributed by atoms with Crippen LogP contribution in [0, 0.1) is 5.92 Å². The van der Waals surface area contributed by atoms with E-state index in [2.05, 4.69) is 15.3 Å². The second-order valence-electron chi connectivity index (χ2n) is 5.32. The summed E-state index contributed by atoms with van der Waals surface area (Å²) in [6.07, 6.45) is 5.45. The van der Waals surface area contributed by atoms with Gasteiger partial charge in [0.2, 0.25) is 0 Å². The average molecular weight is 338 g/mol. The fraction of sp³-hybridized carbons (Fsp3) is 0.375. The first-order chi connectivity index (χ1) is 10.7. The Morgan fingerprint density at radius 2 is 1.95 bits per heavy atom. The number of nitrogens with zero attached hydrogens (tertiary/aromatic N) is 2. The first-order valence-electron chi connectivity index (χ1n) is 7.32. The third kappa shape index (κ3) is 3.69. The lowest BCUT2D eigenvalue weighted by Crippen LogP contribution is -2.22. The maximum Gasteiger partial charge on any atom is 0.126 e. The van der Waals surface area contributed by atoms with Crippen molar-refractivity contribution in [2.24, 2.45) is 5.92 Å². The van der Waals surface area contributed by atoms with Crippen LogP contribution in [0.1, 0.15) is 12.8 Å². The Labute approximate surface area is 139 Å². The number of rotatable bonds is 4. The molecular weight excluding hydrogens is 321 g/mol. The summed E-state index contributed by atoms with van der Waals surface area (Å²) in [6.45, 7) is 2.58. The zero-order valence-electron chi connectivity index (χ0n) is 12.1. The standard InChI is InChI=1S/C16H17Cl2N3O/c17-13-1-2-15(20-9-11-4-7-22-8-5-11)21-16(13)12-3-6-19-10-14(12)18/h1-3,6,10-11H,4-5,7-9H2,(H,20,21). The monoisotopic (exact) mass is 337 g/mol. The van der Waals surface area contributed by atoms with Gasteiger partial charge < -0.3 is 10.1 Å². The SMILES string of the molecule is Clc1cnccc1-c1nc(NCC2CCOCC2)ccc1Cl. The summed E-state index contributed by atoms with van der Waals surface area (Å²) in [4.78, 5) is 8.59. The van der Waals surface area contributed by atoms with Crippen molar-refractivity contribution in [1.82, 2.24) is 9.97 Å². The van der Waals surface area contributed by atoms with E-state index in [0.717, 1.165) is 44.0 Å². The largest absolute Gasteiger partial charge is 0.381 e. The maximum absolute atomic E-state index is 6.27. The first kappa shape index (κ1) is 15.5. The molecule has 0 atom stereocenters. The minimum absolute atomic E-state index is 0.540. The van der Waals surface area contributed by atoms with E-state index in [9.17, 15) is 0 Å². The topological polar surface area (TPSA) is 47.0 Å². The molecule has 3 rings (SSSR count). The lowest BCUT2D eigenvalue weighted by atomic mass is 10.0. The van der Waals surface area contributed by atoms with E-state index in [1.807, 2.05) is 18.2 Å². The van der Waals surface area contributed by atoms with Gasteiger partial charge in [0.05, 0.1) is 15.7 Å². The second-order valence-corrected chi connectivity index (χ2v) is 6.13. The van der Waals surface area contributed by atoms with E-state index in [4.69, 9.17) is 27.9 Å². The molecule has 0 radical (unpaired) electrons. The lowest BCUT2D eigenvalue weighted by Gasteiger charge is -2.22. The van der Waals surface area contributed by atoms with Gasteiger partial charge in [0.15, 0.2) is 0 Å². The molecule has 0 aromatic carbocycles. The Morgan fingerprint density at radius 1 is 1.14 bits per heavy atom. The van der Waals surface area contributed by atoms with Gasteiger partial charge in [0, 0.05) is 37.7 Å². The minimum Gasteiger partial charge on any atom is -0.381 e. The third-order valence-electron chi connectivity index (χ3n) is 3.79. The Morgan fingerprint density at radius 3 is 2.73 bits per heavy atom. The molecule has 4 nitrogen and oxygen atoms in total. The van der Waals surface area contributed by atoms with Gasteiger partial charge in [-0.3, -0.25) is 4.98 Å². The Kier molecular flexibility index (Phi) is 5.13. The predicted molar refractivity (Wildman–Crippen MR) is 89.5 cm³/mol. The third-order valence-corrected chi connectivity index (χ3v) is 4.39. The van der Waals surface area contributed by atoms with Crippen molar-refractivity contribution in [3.05, 3.63) is 40.6 Å². The fourth-order valence-corrected chi connectivity index (χ4v) is 2.91. The molecule has 1 saturated heterocycles. The number of hydrogen-bond acceptors (Lipinski definition) is 4. The molecule has 1 fully saturated rings. The molecule has 2 aromatic rings. The summed E-state index contributed by atoms with van der Waals surface area (Å²) < 4.78 is 5.38. The number of ether oxygens (including phenoxy) is 1. The van der Waals surface area contributed by atoms with E-state index < -0.39 is 0 Å². The van der Waals surface area contributed by atoms with E-state index in [-0.39, 0.29) is 0 Å². The molecule has 1 N–H and O–H groups in total. The smallest absolute Gasteiger partial charge is 0.126 e. The number of hydrogen-bond donors (Lipinski definition) is 1. The molecule has 2 aromatic heterocycles. The highest BCUT2D eigenvalue weighted by molar-refractivity contribution is 6.36. The van der Waals surface area contributed by atoms with Crippen LogP contribution < -0.4 is 5.32 Å². The molecular formula is C16H17Cl2N3O. The van der Waals surface area contributed by atoms with Gasteiger partial charge in [-0.25, -0.2) is 4.98 Å². The summed E-state index contributed by atoms with van der Waals surface area (Å²) in [6, 6.07) is 5.55. The number of halogens is 2. The molecule has 3 heterocycles. The van der Waals surface area contributed by atoms with Crippen molar-refractivity contribution in [1.29, 1.82) is 0 Å².